The van der Waals surface area contributed by atoms with Gasteiger partial charge in [0.05, 0.1) is 12.2 Å². The Labute approximate surface area is 124 Å². The van der Waals surface area contributed by atoms with E-state index in [0.29, 0.717) is 23.6 Å². The minimum atomic E-state index is -0.526. The summed E-state index contributed by atoms with van der Waals surface area (Å²) in [6, 6.07) is 15.3. The third-order valence-corrected chi connectivity index (χ3v) is 3.23. The predicted molar refractivity (Wildman–Crippen MR) is 84.2 cm³/mol. The van der Waals surface area contributed by atoms with Crippen LogP contribution >= 0.6 is 0 Å². The first-order valence-electron chi connectivity index (χ1n) is 7.03. The van der Waals surface area contributed by atoms with Crippen molar-refractivity contribution in [1.29, 1.82) is 0 Å². The molecular formula is C17H20N2O2. The van der Waals surface area contributed by atoms with Crippen molar-refractivity contribution in [2.24, 2.45) is 5.73 Å². The van der Waals surface area contributed by atoms with Crippen LogP contribution in [-0.2, 0) is 6.42 Å². The van der Waals surface area contributed by atoms with Crippen molar-refractivity contribution < 1.29 is 9.53 Å². The maximum Gasteiger partial charge on any atom is 0.252 e. The lowest BCUT2D eigenvalue weighted by molar-refractivity contribution is 0.0996. The first-order chi connectivity index (χ1) is 10.2. The number of carbonyl (C=O) groups is 1. The molecule has 2 rings (SSSR count). The summed E-state index contributed by atoms with van der Waals surface area (Å²) in [6.07, 6.45) is 2.97. The SMILES string of the molecule is NC(=O)c1cc(N)ccc1OCCCCc1ccccc1. The highest BCUT2D eigenvalue weighted by molar-refractivity contribution is 5.96. The van der Waals surface area contributed by atoms with E-state index in [0.717, 1.165) is 19.3 Å². The Morgan fingerprint density at radius 2 is 1.81 bits per heavy atom. The fraction of sp³-hybridized carbons (Fsp3) is 0.235. The number of anilines is 1. The van der Waals surface area contributed by atoms with Gasteiger partial charge in [0.25, 0.3) is 5.91 Å². The Morgan fingerprint density at radius 1 is 1.05 bits per heavy atom. The first-order valence-corrected chi connectivity index (χ1v) is 7.03. The second-order valence-corrected chi connectivity index (χ2v) is 4.91. The number of carbonyl (C=O) groups excluding carboxylic acids is 1. The van der Waals surface area contributed by atoms with E-state index in [1.165, 1.54) is 5.56 Å². The van der Waals surface area contributed by atoms with Gasteiger partial charge in [0.1, 0.15) is 5.75 Å². The van der Waals surface area contributed by atoms with Crippen LogP contribution in [0.1, 0.15) is 28.8 Å². The normalized spacial score (nSPS) is 10.3. The average molecular weight is 284 g/mol. The standard InChI is InChI=1S/C17H20N2O2/c18-14-9-10-16(15(12-14)17(19)20)21-11-5-4-8-13-6-2-1-3-7-13/h1-3,6-7,9-10,12H,4-5,8,11,18H2,(H2,19,20). The summed E-state index contributed by atoms with van der Waals surface area (Å²) >= 11 is 0. The molecule has 0 aliphatic heterocycles. The Balaban J connectivity index is 1.80. The quantitative estimate of drug-likeness (QED) is 0.606. The molecule has 4 N–H and O–H groups in total. The zero-order chi connectivity index (χ0) is 15.1. The molecule has 0 spiro atoms. The summed E-state index contributed by atoms with van der Waals surface area (Å²) in [7, 11) is 0. The molecule has 0 radical (unpaired) electrons. The van der Waals surface area contributed by atoms with Gasteiger partial charge in [0.2, 0.25) is 0 Å². The van der Waals surface area contributed by atoms with Crippen molar-refractivity contribution in [3.8, 4) is 5.75 Å². The molecule has 0 aromatic heterocycles. The summed E-state index contributed by atoms with van der Waals surface area (Å²) in [6.45, 7) is 0.553. The van der Waals surface area contributed by atoms with Gasteiger partial charge < -0.3 is 16.2 Å². The van der Waals surface area contributed by atoms with Gasteiger partial charge in [-0.1, -0.05) is 30.3 Å². The molecule has 0 bridgehead atoms. The van der Waals surface area contributed by atoms with E-state index in [1.54, 1.807) is 18.2 Å². The van der Waals surface area contributed by atoms with Gasteiger partial charge in [-0.05, 0) is 43.0 Å². The van der Waals surface area contributed by atoms with Crippen LogP contribution in [0.2, 0.25) is 0 Å². The third-order valence-electron chi connectivity index (χ3n) is 3.23. The van der Waals surface area contributed by atoms with Crippen molar-refractivity contribution in [3.05, 3.63) is 59.7 Å². The second-order valence-electron chi connectivity index (χ2n) is 4.91. The molecule has 0 aliphatic rings. The van der Waals surface area contributed by atoms with E-state index in [1.807, 2.05) is 18.2 Å². The van der Waals surface area contributed by atoms with Crippen LogP contribution in [0, 0.1) is 0 Å². The Bertz CT molecular complexity index is 597. The van der Waals surface area contributed by atoms with Gasteiger partial charge in [-0.2, -0.15) is 0 Å². The smallest absolute Gasteiger partial charge is 0.252 e. The monoisotopic (exact) mass is 284 g/mol. The Hall–Kier alpha value is -2.49. The lowest BCUT2D eigenvalue weighted by atomic mass is 10.1. The van der Waals surface area contributed by atoms with Gasteiger partial charge >= 0.3 is 0 Å². The number of rotatable bonds is 7. The van der Waals surface area contributed by atoms with Crippen LogP contribution in [0.4, 0.5) is 5.69 Å². The van der Waals surface area contributed by atoms with Crippen LogP contribution < -0.4 is 16.2 Å². The molecule has 2 aromatic carbocycles. The first kappa shape index (κ1) is 14.9. The summed E-state index contributed by atoms with van der Waals surface area (Å²) in [4.78, 5) is 11.3. The van der Waals surface area contributed by atoms with E-state index in [9.17, 15) is 4.79 Å². The Kier molecular flexibility index (Phi) is 5.21. The van der Waals surface area contributed by atoms with Crippen molar-refractivity contribution in [2.75, 3.05) is 12.3 Å². The molecular weight excluding hydrogens is 264 g/mol. The van der Waals surface area contributed by atoms with Crippen LogP contribution in [0.5, 0.6) is 5.75 Å². The highest BCUT2D eigenvalue weighted by Gasteiger charge is 2.09. The molecule has 0 saturated heterocycles. The predicted octanol–water partition coefficient (Wildman–Crippen LogP) is 2.77. The Morgan fingerprint density at radius 3 is 2.52 bits per heavy atom. The van der Waals surface area contributed by atoms with Crippen molar-refractivity contribution in [1.82, 2.24) is 0 Å². The summed E-state index contributed by atoms with van der Waals surface area (Å²) in [5, 5.41) is 0. The van der Waals surface area contributed by atoms with E-state index >= 15 is 0 Å². The summed E-state index contributed by atoms with van der Waals surface area (Å²) in [5.74, 6) is -0.0296. The molecule has 4 heteroatoms. The number of nitrogens with two attached hydrogens (primary N) is 2. The topological polar surface area (TPSA) is 78.3 Å². The maximum absolute atomic E-state index is 11.3. The highest BCUT2D eigenvalue weighted by Crippen LogP contribution is 2.21. The average Bonchev–Trinajstić information content (AvgIpc) is 2.49. The van der Waals surface area contributed by atoms with E-state index in [4.69, 9.17) is 16.2 Å². The lowest BCUT2D eigenvalue weighted by Gasteiger charge is -2.10. The number of benzene rings is 2. The molecule has 0 fully saturated rings. The van der Waals surface area contributed by atoms with Crippen molar-refractivity contribution in [3.63, 3.8) is 0 Å². The van der Waals surface area contributed by atoms with Crippen molar-refractivity contribution >= 4 is 11.6 Å². The number of aryl methyl sites for hydroxylation is 1. The van der Waals surface area contributed by atoms with Crippen LogP contribution in [0.15, 0.2) is 48.5 Å². The molecule has 0 heterocycles. The van der Waals surface area contributed by atoms with Crippen LogP contribution in [-0.4, -0.2) is 12.5 Å². The van der Waals surface area contributed by atoms with Gasteiger partial charge in [-0.3, -0.25) is 4.79 Å². The molecule has 2 aromatic rings. The summed E-state index contributed by atoms with van der Waals surface area (Å²) < 4.78 is 5.63. The molecule has 0 atom stereocenters. The molecule has 1 amide bonds. The number of primary amides is 1. The van der Waals surface area contributed by atoms with Gasteiger partial charge in [-0.15, -0.1) is 0 Å². The van der Waals surface area contributed by atoms with E-state index in [-0.39, 0.29) is 0 Å². The number of ether oxygens (including phenoxy) is 1. The summed E-state index contributed by atoms with van der Waals surface area (Å²) in [5.41, 5.74) is 13.1. The lowest BCUT2D eigenvalue weighted by Crippen LogP contribution is -2.14. The van der Waals surface area contributed by atoms with E-state index in [2.05, 4.69) is 12.1 Å². The molecule has 0 saturated carbocycles. The molecule has 21 heavy (non-hydrogen) atoms. The van der Waals surface area contributed by atoms with Crippen LogP contribution in [0.25, 0.3) is 0 Å². The molecule has 4 nitrogen and oxygen atoms in total. The minimum absolute atomic E-state index is 0.332. The number of hydrogen-bond acceptors (Lipinski definition) is 3. The number of amides is 1. The highest BCUT2D eigenvalue weighted by atomic mass is 16.5. The number of hydrogen-bond donors (Lipinski definition) is 2. The maximum atomic E-state index is 11.3. The molecule has 110 valence electrons. The van der Waals surface area contributed by atoms with Crippen molar-refractivity contribution in [2.45, 2.75) is 19.3 Å². The van der Waals surface area contributed by atoms with Gasteiger partial charge in [0, 0.05) is 5.69 Å². The minimum Gasteiger partial charge on any atom is -0.493 e. The fourth-order valence-corrected chi connectivity index (χ4v) is 2.12. The van der Waals surface area contributed by atoms with E-state index < -0.39 is 5.91 Å². The zero-order valence-electron chi connectivity index (χ0n) is 11.9. The molecule has 0 unspecified atom stereocenters. The van der Waals surface area contributed by atoms with Gasteiger partial charge in [-0.25, -0.2) is 0 Å². The second kappa shape index (κ2) is 7.33. The zero-order valence-corrected chi connectivity index (χ0v) is 11.9. The molecule has 0 aliphatic carbocycles. The third kappa shape index (κ3) is 4.53. The van der Waals surface area contributed by atoms with Crippen LogP contribution in [0.3, 0.4) is 0 Å². The van der Waals surface area contributed by atoms with Gasteiger partial charge in [0.15, 0.2) is 0 Å². The fourth-order valence-electron chi connectivity index (χ4n) is 2.12. The largest absolute Gasteiger partial charge is 0.493 e. The number of nitrogen functional groups attached to an aromatic ring is 1. The number of unbranched alkanes of at least 4 members (excludes halogenated alkanes) is 1.